The van der Waals surface area contributed by atoms with Gasteiger partial charge in [0, 0.05) is 5.02 Å². The summed E-state index contributed by atoms with van der Waals surface area (Å²) in [6.07, 6.45) is 0.672. The summed E-state index contributed by atoms with van der Waals surface area (Å²) in [6, 6.07) is 13.9. The first-order chi connectivity index (χ1) is 10.1. The molecule has 0 unspecified atom stereocenters. The first kappa shape index (κ1) is 15.1. The number of benzene rings is 2. The molecule has 0 saturated heterocycles. The number of rotatable bonds is 4. The normalized spacial score (nSPS) is 11.2. The molecular formula is C16H15ClN2O2. The van der Waals surface area contributed by atoms with E-state index in [1.165, 1.54) is 18.2 Å². The van der Waals surface area contributed by atoms with Gasteiger partial charge < -0.3 is 5.11 Å². The largest absolute Gasteiger partial charge is 0.507 e. The van der Waals surface area contributed by atoms with Crippen LogP contribution >= 0.6 is 11.6 Å². The molecule has 4 nitrogen and oxygen atoms in total. The second-order valence-electron chi connectivity index (χ2n) is 4.38. The summed E-state index contributed by atoms with van der Waals surface area (Å²) in [6.45, 7) is 1.95. The van der Waals surface area contributed by atoms with Gasteiger partial charge in [-0.3, -0.25) is 4.79 Å². The fourth-order valence-corrected chi connectivity index (χ4v) is 2.02. The second-order valence-corrected chi connectivity index (χ2v) is 4.82. The second kappa shape index (κ2) is 6.90. The molecule has 2 aromatic carbocycles. The van der Waals surface area contributed by atoms with E-state index in [4.69, 9.17) is 11.6 Å². The SMILES string of the molecule is CC/C(=N/NC(=O)c1cc(Cl)ccc1O)c1ccccc1. The van der Waals surface area contributed by atoms with Crippen LogP contribution in [0.1, 0.15) is 29.3 Å². The minimum Gasteiger partial charge on any atom is -0.507 e. The van der Waals surface area contributed by atoms with Gasteiger partial charge in [-0.1, -0.05) is 48.9 Å². The van der Waals surface area contributed by atoms with E-state index in [0.29, 0.717) is 11.4 Å². The topological polar surface area (TPSA) is 61.7 Å². The number of phenols is 1. The molecule has 2 rings (SSSR count). The van der Waals surface area contributed by atoms with E-state index in [9.17, 15) is 9.90 Å². The molecule has 0 aromatic heterocycles. The van der Waals surface area contributed by atoms with Gasteiger partial charge in [-0.25, -0.2) is 5.43 Å². The molecular weight excluding hydrogens is 288 g/mol. The van der Waals surface area contributed by atoms with Crippen molar-refractivity contribution in [1.82, 2.24) is 5.43 Å². The highest BCUT2D eigenvalue weighted by Gasteiger charge is 2.11. The van der Waals surface area contributed by atoms with Crippen molar-refractivity contribution in [1.29, 1.82) is 0 Å². The summed E-state index contributed by atoms with van der Waals surface area (Å²) in [5.41, 5.74) is 4.23. The third kappa shape index (κ3) is 3.83. The van der Waals surface area contributed by atoms with E-state index >= 15 is 0 Å². The highest BCUT2D eigenvalue weighted by atomic mass is 35.5. The molecule has 108 valence electrons. The van der Waals surface area contributed by atoms with Crippen LogP contribution < -0.4 is 5.43 Å². The molecule has 0 aliphatic heterocycles. The quantitative estimate of drug-likeness (QED) is 0.669. The average molecular weight is 303 g/mol. The average Bonchev–Trinajstić information content (AvgIpc) is 2.51. The monoisotopic (exact) mass is 302 g/mol. The van der Waals surface area contributed by atoms with Gasteiger partial charge in [0.05, 0.1) is 11.3 Å². The molecule has 0 aliphatic rings. The Balaban J connectivity index is 2.19. The third-order valence-corrected chi connectivity index (χ3v) is 3.17. The van der Waals surface area contributed by atoms with Crippen LogP contribution in [-0.2, 0) is 0 Å². The molecule has 0 radical (unpaired) electrons. The summed E-state index contributed by atoms with van der Waals surface area (Å²) in [7, 11) is 0. The molecule has 0 spiro atoms. The van der Waals surface area contributed by atoms with Crippen molar-refractivity contribution in [3.05, 3.63) is 64.7 Å². The first-order valence-corrected chi connectivity index (χ1v) is 6.90. The summed E-state index contributed by atoms with van der Waals surface area (Å²) in [4.78, 5) is 12.0. The lowest BCUT2D eigenvalue weighted by Crippen LogP contribution is -2.20. The molecule has 2 N–H and O–H groups in total. The van der Waals surface area contributed by atoms with Gasteiger partial charge in [-0.15, -0.1) is 0 Å². The zero-order valence-electron chi connectivity index (χ0n) is 11.5. The first-order valence-electron chi connectivity index (χ1n) is 6.52. The van der Waals surface area contributed by atoms with E-state index < -0.39 is 5.91 Å². The van der Waals surface area contributed by atoms with Crippen LogP contribution in [0.3, 0.4) is 0 Å². The van der Waals surface area contributed by atoms with E-state index in [1.807, 2.05) is 37.3 Å². The van der Waals surface area contributed by atoms with Gasteiger partial charge in [0.1, 0.15) is 5.75 Å². The van der Waals surface area contributed by atoms with Crippen molar-refractivity contribution >= 4 is 23.2 Å². The number of amides is 1. The lowest BCUT2D eigenvalue weighted by Gasteiger charge is -2.06. The number of aromatic hydroxyl groups is 1. The number of hydrogen-bond acceptors (Lipinski definition) is 3. The van der Waals surface area contributed by atoms with Crippen molar-refractivity contribution < 1.29 is 9.90 Å². The van der Waals surface area contributed by atoms with Gasteiger partial charge in [0.15, 0.2) is 0 Å². The molecule has 2 aromatic rings. The Morgan fingerprint density at radius 2 is 1.95 bits per heavy atom. The molecule has 0 heterocycles. The number of phenolic OH excluding ortho intramolecular Hbond substituents is 1. The van der Waals surface area contributed by atoms with Gasteiger partial charge in [-0.2, -0.15) is 5.10 Å². The van der Waals surface area contributed by atoms with Crippen LogP contribution in [0.25, 0.3) is 0 Å². The Labute approximate surface area is 128 Å². The van der Waals surface area contributed by atoms with Crippen LogP contribution in [0.4, 0.5) is 0 Å². The predicted octanol–water partition coefficient (Wildman–Crippen LogP) is 3.59. The summed E-state index contributed by atoms with van der Waals surface area (Å²) >= 11 is 5.82. The Morgan fingerprint density at radius 1 is 1.24 bits per heavy atom. The third-order valence-electron chi connectivity index (χ3n) is 2.94. The zero-order valence-corrected chi connectivity index (χ0v) is 12.3. The number of hydrazone groups is 1. The van der Waals surface area contributed by atoms with E-state index in [0.717, 1.165) is 11.3 Å². The number of nitrogens with zero attached hydrogens (tertiary/aromatic N) is 1. The minimum absolute atomic E-state index is 0.0924. The number of carbonyl (C=O) groups is 1. The maximum absolute atomic E-state index is 12.0. The Hall–Kier alpha value is -2.33. The highest BCUT2D eigenvalue weighted by molar-refractivity contribution is 6.31. The molecule has 0 bridgehead atoms. The van der Waals surface area contributed by atoms with Crippen molar-refractivity contribution in [3.63, 3.8) is 0 Å². The molecule has 0 saturated carbocycles. The summed E-state index contributed by atoms with van der Waals surface area (Å²) in [5.74, 6) is -0.637. The summed E-state index contributed by atoms with van der Waals surface area (Å²) < 4.78 is 0. The molecule has 21 heavy (non-hydrogen) atoms. The number of nitrogens with one attached hydrogen (secondary N) is 1. The lowest BCUT2D eigenvalue weighted by atomic mass is 10.1. The molecule has 0 atom stereocenters. The number of carbonyl (C=O) groups excluding carboxylic acids is 1. The van der Waals surface area contributed by atoms with Crippen molar-refractivity contribution in [2.45, 2.75) is 13.3 Å². The van der Waals surface area contributed by atoms with E-state index in [1.54, 1.807) is 0 Å². The van der Waals surface area contributed by atoms with Crippen molar-refractivity contribution in [2.24, 2.45) is 5.10 Å². The van der Waals surface area contributed by atoms with Crippen LogP contribution in [0, 0.1) is 0 Å². The fraction of sp³-hybridized carbons (Fsp3) is 0.125. The Kier molecular flexibility index (Phi) is 4.95. The zero-order chi connectivity index (χ0) is 15.2. The van der Waals surface area contributed by atoms with Gasteiger partial charge in [-0.05, 0) is 30.2 Å². The van der Waals surface area contributed by atoms with Gasteiger partial charge in [0.2, 0.25) is 0 Å². The van der Waals surface area contributed by atoms with Crippen molar-refractivity contribution in [3.8, 4) is 5.75 Å². The Morgan fingerprint density at radius 3 is 2.62 bits per heavy atom. The standard InChI is InChI=1S/C16H15ClN2O2/c1-2-14(11-6-4-3-5-7-11)18-19-16(21)13-10-12(17)8-9-15(13)20/h3-10,20H,2H2,1H3,(H,19,21)/b18-14-. The summed E-state index contributed by atoms with van der Waals surface area (Å²) in [5, 5.41) is 14.2. The van der Waals surface area contributed by atoms with Crippen LogP contribution in [0.2, 0.25) is 5.02 Å². The highest BCUT2D eigenvalue weighted by Crippen LogP contribution is 2.21. The lowest BCUT2D eigenvalue weighted by molar-refractivity contribution is 0.0952. The predicted molar refractivity (Wildman–Crippen MR) is 83.9 cm³/mol. The Bertz CT molecular complexity index is 669. The molecule has 0 aliphatic carbocycles. The van der Waals surface area contributed by atoms with E-state index in [2.05, 4.69) is 10.5 Å². The van der Waals surface area contributed by atoms with Crippen LogP contribution in [0.5, 0.6) is 5.75 Å². The van der Waals surface area contributed by atoms with Gasteiger partial charge in [0.25, 0.3) is 5.91 Å². The maximum Gasteiger partial charge on any atom is 0.275 e. The molecule has 0 fully saturated rings. The fourth-order valence-electron chi connectivity index (χ4n) is 1.85. The van der Waals surface area contributed by atoms with E-state index in [-0.39, 0.29) is 11.3 Å². The molecule has 1 amide bonds. The molecule has 5 heteroatoms. The van der Waals surface area contributed by atoms with Crippen molar-refractivity contribution in [2.75, 3.05) is 0 Å². The smallest absolute Gasteiger partial charge is 0.275 e. The van der Waals surface area contributed by atoms with Crippen LogP contribution in [-0.4, -0.2) is 16.7 Å². The maximum atomic E-state index is 12.0. The number of hydrogen-bond donors (Lipinski definition) is 2. The number of halogens is 1. The van der Waals surface area contributed by atoms with Crippen LogP contribution in [0.15, 0.2) is 53.6 Å². The van der Waals surface area contributed by atoms with Gasteiger partial charge >= 0.3 is 0 Å². The minimum atomic E-state index is -0.503.